The minimum atomic E-state index is -0.639. The van der Waals surface area contributed by atoms with Crippen LogP contribution in [0.3, 0.4) is 0 Å². The van der Waals surface area contributed by atoms with Gasteiger partial charge in [-0.25, -0.2) is 9.97 Å². The Labute approximate surface area is 145 Å². The van der Waals surface area contributed by atoms with Crippen LogP contribution in [-0.4, -0.2) is 56.4 Å². The normalized spacial score (nSPS) is 15.3. The van der Waals surface area contributed by atoms with E-state index in [1.165, 1.54) is 20.4 Å². The Kier molecular flexibility index (Phi) is 4.84. The number of aliphatic hydroxyl groups excluding tert-OH is 1. The molecule has 1 unspecified atom stereocenters. The third-order valence-corrected chi connectivity index (χ3v) is 4.06. The summed E-state index contributed by atoms with van der Waals surface area (Å²) >= 11 is 0. The number of hydrogen-bond donors (Lipinski definition) is 1. The first-order valence-electron chi connectivity index (χ1n) is 8.02. The zero-order valence-corrected chi connectivity index (χ0v) is 14.5. The monoisotopic (exact) mass is 347 g/mol. The molecular weight excluding hydrogens is 326 g/mol. The molecule has 1 atom stereocenters. The molecule has 0 radical (unpaired) electrons. The first-order chi connectivity index (χ1) is 12.0. The third-order valence-electron chi connectivity index (χ3n) is 4.06. The van der Waals surface area contributed by atoms with Crippen LogP contribution < -0.4 is 9.47 Å². The zero-order chi connectivity index (χ0) is 18.0. The van der Waals surface area contributed by atoms with Crippen LogP contribution in [0, 0.1) is 0 Å². The van der Waals surface area contributed by atoms with Gasteiger partial charge in [-0.05, 0) is 19.4 Å². The molecule has 25 heavy (non-hydrogen) atoms. The Morgan fingerprint density at radius 3 is 2.72 bits per heavy atom. The van der Waals surface area contributed by atoms with Crippen LogP contribution in [0.25, 0.3) is 0 Å². The van der Waals surface area contributed by atoms with Crippen LogP contribution >= 0.6 is 0 Å². The van der Waals surface area contributed by atoms with E-state index >= 15 is 0 Å². The Hall–Kier alpha value is -2.68. The SMILES string of the molecule is COc1ncc(C(=O)N2CCCn3nc(C(C)O)cc3C2)nc1OC. The van der Waals surface area contributed by atoms with Crippen molar-refractivity contribution in [2.45, 2.75) is 32.5 Å². The van der Waals surface area contributed by atoms with E-state index in [0.717, 1.165) is 12.1 Å². The van der Waals surface area contributed by atoms with E-state index in [0.29, 0.717) is 25.3 Å². The Morgan fingerprint density at radius 1 is 1.28 bits per heavy atom. The zero-order valence-electron chi connectivity index (χ0n) is 14.5. The van der Waals surface area contributed by atoms with Crippen LogP contribution in [0.2, 0.25) is 0 Å². The molecule has 2 aromatic rings. The van der Waals surface area contributed by atoms with E-state index in [4.69, 9.17) is 9.47 Å². The molecule has 0 spiro atoms. The highest BCUT2D eigenvalue weighted by atomic mass is 16.5. The maximum atomic E-state index is 12.8. The molecular formula is C16H21N5O4. The number of nitrogens with zero attached hydrogens (tertiary/aromatic N) is 5. The molecule has 3 rings (SSSR count). The third kappa shape index (κ3) is 3.41. The van der Waals surface area contributed by atoms with Crippen molar-refractivity contribution in [1.29, 1.82) is 0 Å². The predicted octanol–water partition coefficient (Wildman–Crippen LogP) is 0.790. The molecule has 0 saturated heterocycles. The number of aliphatic hydroxyl groups is 1. The molecule has 3 heterocycles. The number of methoxy groups -OCH3 is 2. The first kappa shape index (κ1) is 17.2. The fraction of sp³-hybridized carbons (Fsp3) is 0.500. The lowest BCUT2D eigenvalue weighted by Gasteiger charge is -2.19. The van der Waals surface area contributed by atoms with Gasteiger partial charge in [-0.15, -0.1) is 0 Å². The highest BCUT2D eigenvalue weighted by Crippen LogP contribution is 2.23. The minimum absolute atomic E-state index is 0.171. The molecule has 1 N–H and O–H groups in total. The van der Waals surface area contributed by atoms with Gasteiger partial charge < -0.3 is 19.5 Å². The van der Waals surface area contributed by atoms with Gasteiger partial charge >= 0.3 is 0 Å². The molecule has 1 aliphatic rings. The fourth-order valence-electron chi connectivity index (χ4n) is 2.76. The molecule has 0 aliphatic carbocycles. The van der Waals surface area contributed by atoms with Gasteiger partial charge in [-0.3, -0.25) is 9.48 Å². The van der Waals surface area contributed by atoms with Crippen LogP contribution in [0.5, 0.6) is 11.8 Å². The topological polar surface area (TPSA) is 103 Å². The van der Waals surface area contributed by atoms with Gasteiger partial charge in [-0.2, -0.15) is 5.10 Å². The summed E-state index contributed by atoms with van der Waals surface area (Å²) < 4.78 is 12.0. The average Bonchev–Trinajstić information content (AvgIpc) is 2.92. The second kappa shape index (κ2) is 7.06. The van der Waals surface area contributed by atoms with Crippen LogP contribution in [0.15, 0.2) is 12.3 Å². The summed E-state index contributed by atoms with van der Waals surface area (Å²) in [6.07, 6.45) is 1.51. The number of aryl methyl sites for hydroxylation is 1. The van der Waals surface area contributed by atoms with Gasteiger partial charge in [0, 0.05) is 13.1 Å². The summed E-state index contributed by atoms with van der Waals surface area (Å²) in [5.41, 5.74) is 1.69. The number of amides is 1. The molecule has 0 bridgehead atoms. The highest BCUT2D eigenvalue weighted by Gasteiger charge is 2.24. The largest absolute Gasteiger partial charge is 0.477 e. The molecule has 0 aromatic carbocycles. The lowest BCUT2D eigenvalue weighted by Crippen LogP contribution is -2.31. The molecule has 1 aliphatic heterocycles. The van der Waals surface area contributed by atoms with E-state index in [2.05, 4.69) is 15.1 Å². The first-order valence-corrected chi connectivity index (χ1v) is 8.02. The minimum Gasteiger partial charge on any atom is -0.477 e. The highest BCUT2D eigenvalue weighted by molar-refractivity contribution is 5.92. The summed E-state index contributed by atoms with van der Waals surface area (Å²) in [6.45, 7) is 3.35. The molecule has 9 nitrogen and oxygen atoms in total. The Balaban J connectivity index is 1.84. The van der Waals surface area contributed by atoms with Crippen molar-refractivity contribution >= 4 is 5.91 Å². The Morgan fingerprint density at radius 2 is 2.04 bits per heavy atom. The van der Waals surface area contributed by atoms with Crippen molar-refractivity contribution in [3.8, 4) is 11.8 Å². The van der Waals surface area contributed by atoms with Crippen molar-refractivity contribution in [1.82, 2.24) is 24.6 Å². The van der Waals surface area contributed by atoms with Gasteiger partial charge in [0.05, 0.1) is 44.5 Å². The number of aromatic nitrogens is 4. The van der Waals surface area contributed by atoms with E-state index < -0.39 is 6.10 Å². The number of carbonyl (C=O) groups excluding carboxylic acids is 1. The van der Waals surface area contributed by atoms with E-state index in [1.54, 1.807) is 11.8 Å². The summed E-state index contributed by atoms with van der Waals surface area (Å²) in [5, 5.41) is 14.1. The van der Waals surface area contributed by atoms with E-state index in [9.17, 15) is 9.90 Å². The molecule has 0 fully saturated rings. The van der Waals surface area contributed by atoms with Crippen LogP contribution in [0.1, 0.15) is 41.3 Å². The standard InChI is InChI=1S/C16H21N5O4/c1-10(22)12-7-11-9-20(5-4-6-21(11)19-12)16(23)13-8-17-14(24-2)15(18-13)25-3/h7-8,10,22H,4-6,9H2,1-3H3. The maximum absolute atomic E-state index is 12.8. The summed E-state index contributed by atoms with van der Waals surface area (Å²) in [7, 11) is 2.91. The number of carbonyl (C=O) groups is 1. The summed E-state index contributed by atoms with van der Waals surface area (Å²) in [4.78, 5) is 22.8. The van der Waals surface area contributed by atoms with Crippen molar-refractivity contribution < 1.29 is 19.4 Å². The Bertz CT molecular complexity index is 774. The summed E-state index contributed by atoms with van der Waals surface area (Å²) in [5.74, 6) is 0.167. The number of ether oxygens (including phenoxy) is 2. The van der Waals surface area contributed by atoms with Crippen molar-refractivity contribution in [2.75, 3.05) is 20.8 Å². The second-order valence-corrected chi connectivity index (χ2v) is 5.81. The lowest BCUT2D eigenvalue weighted by atomic mass is 10.2. The van der Waals surface area contributed by atoms with Crippen LogP contribution in [-0.2, 0) is 13.1 Å². The van der Waals surface area contributed by atoms with Gasteiger partial charge in [0.1, 0.15) is 0 Å². The smallest absolute Gasteiger partial charge is 0.278 e. The predicted molar refractivity (Wildman–Crippen MR) is 87.4 cm³/mol. The number of hydrogen-bond acceptors (Lipinski definition) is 7. The van der Waals surface area contributed by atoms with E-state index in [1.807, 2.05) is 10.7 Å². The van der Waals surface area contributed by atoms with Gasteiger partial charge in [0.15, 0.2) is 5.69 Å². The maximum Gasteiger partial charge on any atom is 0.278 e. The number of rotatable bonds is 4. The van der Waals surface area contributed by atoms with Crippen LogP contribution in [0.4, 0.5) is 0 Å². The van der Waals surface area contributed by atoms with Gasteiger partial charge in [0.2, 0.25) is 0 Å². The number of fused-ring (bicyclic) bond motifs is 1. The fourth-order valence-corrected chi connectivity index (χ4v) is 2.76. The molecule has 134 valence electrons. The molecule has 9 heteroatoms. The van der Waals surface area contributed by atoms with Crippen molar-refractivity contribution in [3.63, 3.8) is 0 Å². The second-order valence-electron chi connectivity index (χ2n) is 5.81. The lowest BCUT2D eigenvalue weighted by molar-refractivity contribution is 0.0738. The van der Waals surface area contributed by atoms with Gasteiger partial charge in [-0.1, -0.05) is 0 Å². The molecule has 2 aromatic heterocycles. The average molecular weight is 347 g/mol. The van der Waals surface area contributed by atoms with Gasteiger partial charge in [0.25, 0.3) is 17.7 Å². The van der Waals surface area contributed by atoms with Crippen molar-refractivity contribution in [3.05, 3.63) is 29.3 Å². The quantitative estimate of drug-likeness (QED) is 0.872. The van der Waals surface area contributed by atoms with Crippen molar-refractivity contribution in [2.24, 2.45) is 0 Å². The molecule has 1 amide bonds. The molecule has 0 saturated carbocycles. The summed E-state index contributed by atoms with van der Waals surface area (Å²) in [6, 6.07) is 1.83. The van der Waals surface area contributed by atoms with E-state index in [-0.39, 0.29) is 23.4 Å².